The number of hydrogen-bond acceptors (Lipinski definition) is 3. The van der Waals surface area contributed by atoms with Crippen LogP contribution in [0, 0.1) is 11.8 Å². The molecule has 64 valence electrons. The lowest BCUT2D eigenvalue weighted by atomic mass is 9.85. The second kappa shape index (κ2) is 2.42. The van der Waals surface area contributed by atoms with Gasteiger partial charge in [-0.05, 0) is 12.8 Å². The minimum atomic E-state index is -0.227. The Kier molecular flexibility index (Phi) is 1.51. The van der Waals surface area contributed by atoms with Crippen LogP contribution in [0.4, 0.5) is 0 Å². The minimum Gasteiger partial charge on any atom is -0.273 e. The molecule has 0 saturated carbocycles. The van der Waals surface area contributed by atoms with Crippen LogP contribution in [0.5, 0.6) is 0 Å². The minimum absolute atomic E-state index is 0.188. The number of rotatable bonds is 0. The van der Waals surface area contributed by atoms with Crippen LogP contribution in [-0.4, -0.2) is 16.8 Å². The second-order valence-corrected chi connectivity index (χ2v) is 3.20. The molecule has 0 spiro atoms. The van der Waals surface area contributed by atoms with Gasteiger partial charge in [0.05, 0.1) is 11.8 Å². The number of fused-ring (bicyclic) bond motifs is 1. The summed E-state index contributed by atoms with van der Waals surface area (Å²) in [5.41, 5.74) is 0. The van der Waals surface area contributed by atoms with E-state index in [0.717, 1.165) is 5.01 Å². The van der Waals surface area contributed by atoms with Crippen molar-refractivity contribution in [1.82, 2.24) is 5.01 Å². The molecular weight excluding hydrogens is 156 g/mol. The lowest BCUT2D eigenvalue weighted by Crippen LogP contribution is -2.37. The van der Waals surface area contributed by atoms with Crippen LogP contribution >= 0.6 is 0 Å². The first-order valence-electron chi connectivity index (χ1n) is 3.99. The van der Waals surface area contributed by atoms with Crippen molar-refractivity contribution in [2.24, 2.45) is 17.7 Å². The molecule has 0 aromatic carbocycles. The fraction of sp³-hybridized carbons (Fsp3) is 0.500. The van der Waals surface area contributed by atoms with E-state index in [-0.39, 0.29) is 23.7 Å². The highest BCUT2D eigenvalue weighted by Gasteiger charge is 2.45. The first kappa shape index (κ1) is 7.49. The third kappa shape index (κ3) is 0.814. The molecular formula is C8H10N2O2. The molecule has 4 heteroatoms. The fourth-order valence-corrected chi connectivity index (χ4v) is 1.83. The Balaban J connectivity index is 2.31. The van der Waals surface area contributed by atoms with E-state index in [0.29, 0.717) is 12.8 Å². The normalized spacial score (nSPS) is 34.2. The number of nitrogens with zero attached hydrogens (tertiary/aromatic N) is 1. The fourth-order valence-electron chi connectivity index (χ4n) is 1.83. The largest absolute Gasteiger partial charge is 0.273 e. The highest BCUT2D eigenvalue weighted by molar-refractivity contribution is 6.04. The molecule has 0 radical (unpaired) electrons. The van der Waals surface area contributed by atoms with E-state index in [1.54, 1.807) is 0 Å². The number of nitrogens with two attached hydrogens (primary N) is 1. The predicted molar refractivity (Wildman–Crippen MR) is 41.4 cm³/mol. The quantitative estimate of drug-likeness (QED) is 0.235. The molecule has 2 N–H and O–H groups in total. The van der Waals surface area contributed by atoms with Gasteiger partial charge in [-0.3, -0.25) is 9.59 Å². The second-order valence-electron chi connectivity index (χ2n) is 3.20. The van der Waals surface area contributed by atoms with E-state index in [1.807, 2.05) is 12.2 Å². The first-order chi connectivity index (χ1) is 5.72. The SMILES string of the molecule is NN1C(=O)[C@@H]2CC=CC[C@H]2C1=O. The monoisotopic (exact) mass is 166 g/mol. The van der Waals surface area contributed by atoms with Crippen LogP contribution in [-0.2, 0) is 9.59 Å². The van der Waals surface area contributed by atoms with Gasteiger partial charge in [-0.1, -0.05) is 12.2 Å². The summed E-state index contributed by atoms with van der Waals surface area (Å²) in [5.74, 6) is 4.46. The molecule has 2 amide bonds. The van der Waals surface area contributed by atoms with Gasteiger partial charge in [-0.15, -0.1) is 0 Å². The molecule has 1 heterocycles. The van der Waals surface area contributed by atoms with Crippen LogP contribution in [0.1, 0.15) is 12.8 Å². The van der Waals surface area contributed by atoms with Gasteiger partial charge in [0.25, 0.3) is 0 Å². The lowest BCUT2D eigenvalue weighted by Gasteiger charge is -2.14. The third-order valence-corrected chi connectivity index (χ3v) is 2.54. The lowest BCUT2D eigenvalue weighted by molar-refractivity contribution is -0.140. The number of allylic oxidation sites excluding steroid dienone is 2. The van der Waals surface area contributed by atoms with Gasteiger partial charge >= 0.3 is 0 Å². The zero-order valence-electron chi connectivity index (χ0n) is 6.56. The molecule has 4 nitrogen and oxygen atoms in total. The summed E-state index contributed by atoms with van der Waals surface area (Å²) in [6, 6.07) is 0. The van der Waals surface area contributed by atoms with Gasteiger partial charge in [-0.2, -0.15) is 0 Å². The number of hydrazine groups is 1. The van der Waals surface area contributed by atoms with Gasteiger partial charge in [0, 0.05) is 0 Å². The summed E-state index contributed by atoms with van der Waals surface area (Å²) >= 11 is 0. The van der Waals surface area contributed by atoms with Crippen molar-refractivity contribution in [3.8, 4) is 0 Å². The van der Waals surface area contributed by atoms with Gasteiger partial charge < -0.3 is 0 Å². The van der Waals surface area contributed by atoms with Gasteiger partial charge in [0.1, 0.15) is 0 Å². The molecule has 12 heavy (non-hydrogen) atoms. The van der Waals surface area contributed by atoms with Crippen molar-refractivity contribution in [1.29, 1.82) is 0 Å². The molecule has 2 atom stereocenters. The van der Waals surface area contributed by atoms with Crippen molar-refractivity contribution in [3.05, 3.63) is 12.2 Å². The molecule has 1 aliphatic heterocycles. The standard InChI is InChI=1S/C8H10N2O2/c9-10-7(11)5-3-1-2-4-6(5)8(10)12/h1-2,5-6H,3-4,9H2/t5-,6-/m1/s1. The average Bonchev–Trinajstić information content (AvgIpc) is 2.33. The topological polar surface area (TPSA) is 63.4 Å². The van der Waals surface area contributed by atoms with Crippen LogP contribution in [0.15, 0.2) is 12.2 Å². The Morgan fingerprint density at radius 2 is 1.58 bits per heavy atom. The van der Waals surface area contributed by atoms with Gasteiger partial charge in [-0.25, -0.2) is 10.9 Å². The van der Waals surface area contributed by atoms with Crippen molar-refractivity contribution < 1.29 is 9.59 Å². The van der Waals surface area contributed by atoms with E-state index < -0.39 is 0 Å². The zero-order valence-corrected chi connectivity index (χ0v) is 6.56. The first-order valence-corrected chi connectivity index (χ1v) is 3.99. The Bertz CT molecular complexity index is 246. The number of hydrogen-bond donors (Lipinski definition) is 1. The number of carbonyl (C=O) groups is 2. The molecule has 0 aromatic heterocycles. The molecule has 0 unspecified atom stereocenters. The maximum absolute atomic E-state index is 11.3. The molecule has 1 saturated heterocycles. The molecule has 0 bridgehead atoms. The summed E-state index contributed by atoms with van der Waals surface area (Å²) in [6.45, 7) is 0. The van der Waals surface area contributed by atoms with Crippen molar-refractivity contribution in [3.63, 3.8) is 0 Å². The Labute approximate surface area is 70.0 Å². The average molecular weight is 166 g/mol. The van der Waals surface area contributed by atoms with Crippen LogP contribution < -0.4 is 5.84 Å². The van der Waals surface area contributed by atoms with Crippen molar-refractivity contribution in [2.75, 3.05) is 0 Å². The molecule has 1 aliphatic carbocycles. The maximum Gasteiger partial charge on any atom is 0.247 e. The summed E-state index contributed by atoms with van der Waals surface area (Å²) < 4.78 is 0. The Hall–Kier alpha value is -1.16. The third-order valence-electron chi connectivity index (χ3n) is 2.54. The summed E-state index contributed by atoms with van der Waals surface area (Å²) in [6.07, 6.45) is 5.18. The summed E-state index contributed by atoms with van der Waals surface area (Å²) in [7, 11) is 0. The molecule has 0 aromatic rings. The molecule has 1 fully saturated rings. The van der Waals surface area contributed by atoms with E-state index in [1.165, 1.54) is 0 Å². The van der Waals surface area contributed by atoms with E-state index >= 15 is 0 Å². The Morgan fingerprint density at radius 1 is 1.17 bits per heavy atom. The zero-order chi connectivity index (χ0) is 8.72. The van der Waals surface area contributed by atoms with E-state index in [4.69, 9.17) is 5.84 Å². The summed E-state index contributed by atoms with van der Waals surface area (Å²) in [4.78, 5) is 22.6. The molecule has 2 aliphatic rings. The number of carbonyl (C=O) groups excluding carboxylic acids is 2. The smallest absolute Gasteiger partial charge is 0.247 e. The van der Waals surface area contributed by atoms with E-state index in [9.17, 15) is 9.59 Å². The van der Waals surface area contributed by atoms with Gasteiger partial charge in [0.15, 0.2) is 0 Å². The summed E-state index contributed by atoms with van der Waals surface area (Å²) in [5, 5.41) is 0.766. The molecule has 2 rings (SSSR count). The highest BCUT2D eigenvalue weighted by atomic mass is 16.2. The van der Waals surface area contributed by atoms with Crippen molar-refractivity contribution >= 4 is 11.8 Å². The van der Waals surface area contributed by atoms with E-state index in [2.05, 4.69) is 0 Å². The van der Waals surface area contributed by atoms with Crippen LogP contribution in [0.2, 0.25) is 0 Å². The number of amides is 2. The van der Waals surface area contributed by atoms with Gasteiger partial charge in [0.2, 0.25) is 11.8 Å². The Morgan fingerprint density at radius 3 is 2.00 bits per heavy atom. The predicted octanol–water partition coefficient (Wildman–Crippen LogP) is -0.189. The van der Waals surface area contributed by atoms with Crippen LogP contribution in [0.3, 0.4) is 0 Å². The highest BCUT2D eigenvalue weighted by Crippen LogP contribution is 2.33. The van der Waals surface area contributed by atoms with Crippen molar-refractivity contribution in [2.45, 2.75) is 12.8 Å². The van der Waals surface area contributed by atoms with Crippen LogP contribution in [0.25, 0.3) is 0 Å². The maximum atomic E-state index is 11.3. The number of imide groups is 1.